The molecule has 1 amide bonds. The van der Waals surface area contributed by atoms with E-state index in [9.17, 15) is 4.79 Å². The van der Waals surface area contributed by atoms with Crippen LogP contribution in [-0.4, -0.2) is 50.6 Å². The Morgan fingerprint density at radius 2 is 2.14 bits per heavy atom. The number of nitrogens with one attached hydrogen (secondary N) is 1. The third-order valence-electron chi connectivity index (χ3n) is 2.85. The number of aliphatic hydroxyl groups excluding tert-OH is 1. The van der Waals surface area contributed by atoms with Crippen LogP contribution in [0.25, 0.3) is 0 Å². The Balaban J connectivity index is 1.86. The van der Waals surface area contributed by atoms with Crippen LogP contribution in [-0.2, 0) is 4.74 Å². The summed E-state index contributed by atoms with van der Waals surface area (Å²) in [6, 6.07) is 3.19. The zero-order valence-electron chi connectivity index (χ0n) is 11.6. The highest BCUT2D eigenvalue weighted by Gasteiger charge is 2.19. The molecule has 0 aliphatic carbocycles. The van der Waals surface area contributed by atoms with Crippen LogP contribution in [0, 0.1) is 0 Å². The fourth-order valence-electron chi connectivity index (χ4n) is 1.89. The van der Waals surface area contributed by atoms with Gasteiger partial charge in [-0.2, -0.15) is 0 Å². The first-order valence-electron chi connectivity index (χ1n) is 6.78. The van der Waals surface area contributed by atoms with Crippen molar-refractivity contribution in [3.05, 3.63) is 22.7 Å². The lowest BCUT2D eigenvalue weighted by molar-refractivity contribution is 0.0867. The van der Waals surface area contributed by atoms with Gasteiger partial charge in [0, 0.05) is 18.7 Å². The molecular weight excluding hydrogens is 298 g/mol. The van der Waals surface area contributed by atoms with Gasteiger partial charge in [0.1, 0.15) is 13.2 Å². The van der Waals surface area contributed by atoms with E-state index in [1.54, 1.807) is 12.1 Å². The number of halogens is 1. The van der Waals surface area contributed by atoms with Gasteiger partial charge in [0.25, 0.3) is 5.91 Å². The van der Waals surface area contributed by atoms with E-state index >= 15 is 0 Å². The van der Waals surface area contributed by atoms with E-state index in [0.717, 1.165) is 0 Å². The molecule has 116 valence electrons. The molecule has 0 spiro atoms. The van der Waals surface area contributed by atoms with Crippen LogP contribution in [0.15, 0.2) is 12.1 Å². The highest BCUT2D eigenvalue weighted by Crippen LogP contribution is 2.38. The molecule has 1 heterocycles. The number of ether oxygens (including phenoxy) is 3. The molecule has 1 aliphatic heterocycles. The number of hydrogen-bond acceptors (Lipinski definition) is 5. The van der Waals surface area contributed by atoms with Gasteiger partial charge in [-0.15, -0.1) is 0 Å². The van der Waals surface area contributed by atoms with Crippen molar-refractivity contribution in [1.82, 2.24) is 5.32 Å². The molecule has 0 saturated carbocycles. The Bertz CT molecular complexity index is 494. The predicted molar refractivity (Wildman–Crippen MR) is 77.3 cm³/mol. The lowest BCUT2D eigenvalue weighted by Crippen LogP contribution is -2.26. The van der Waals surface area contributed by atoms with Gasteiger partial charge in [-0.3, -0.25) is 4.79 Å². The molecule has 1 aromatic carbocycles. The van der Waals surface area contributed by atoms with Crippen molar-refractivity contribution in [2.24, 2.45) is 0 Å². The Morgan fingerprint density at radius 1 is 1.33 bits per heavy atom. The third kappa shape index (κ3) is 4.49. The second kappa shape index (κ2) is 8.07. The lowest BCUT2D eigenvalue weighted by Gasteiger charge is -2.20. The molecule has 0 unspecified atom stereocenters. The van der Waals surface area contributed by atoms with E-state index < -0.39 is 0 Å². The van der Waals surface area contributed by atoms with Gasteiger partial charge < -0.3 is 24.6 Å². The van der Waals surface area contributed by atoms with Crippen LogP contribution < -0.4 is 14.8 Å². The quantitative estimate of drug-likeness (QED) is 0.740. The highest BCUT2D eigenvalue weighted by atomic mass is 35.5. The van der Waals surface area contributed by atoms with E-state index in [1.807, 2.05) is 0 Å². The van der Waals surface area contributed by atoms with Crippen LogP contribution in [0.2, 0.25) is 5.02 Å². The van der Waals surface area contributed by atoms with Crippen LogP contribution in [0.5, 0.6) is 11.5 Å². The van der Waals surface area contributed by atoms with Crippen molar-refractivity contribution in [2.75, 3.05) is 39.6 Å². The van der Waals surface area contributed by atoms with Crippen molar-refractivity contribution >= 4 is 17.5 Å². The summed E-state index contributed by atoms with van der Waals surface area (Å²) in [5.74, 6) is 0.748. The summed E-state index contributed by atoms with van der Waals surface area (Å²) in [5, 5.41) is 11.7. The predicted octanol–water partition coefficient (Wildman–Crippen LogP) is 1.24. The van der Waals surface area contributed by atoms with Gasteiger partial charge in [-0.1, -0.05) is 11.6 Å². The number of amides is 1. The molecule has 0 fully saturated rings. The zero-order valence-corrected chi connectivity index (χ0v) is 12.3. The van der Waals surface area contributed by atoms with Gasteiger partial charge in [0.15, 0.2) is 11.5 Å². The minimum atomic E-state index is -0.226. The summed E-state index contributed by atoms with van der Waals surface area (Å²) in [7, 11) is 0. The number of rotatable bonds is 7. The monoisotopic (exact) mass is 315 g/mol. The SMILES string of the molecule is O=C(NCCCOCCO)c1cc(Cl)c2c(c1)OCCO2. The summed E-state index contributed by atoms with van der Waals surface area (Å²) in [4.78, 5) is 12.0. The normalized spacial score (nSPS) is 13.0. The molecule has 0 saturated heterocycles. The molecule has 1 aromatic rings. The first kappa shape index (κ1) is 15.9. The van der Waals surface area contributed by atoms with E-state index in [1.165, 1.54) is 0 Å². The minimum Gasteiger partial charge on any atom is -0.486 e. The standard InChI is InChI=1S/C14H18ClNO5/c15-11-8-10(9-12-13(11)21-7-6-20-12)14(18)16-2-1-4-19-5-3-17/h8-9,17H,1-7H2,(H,16,18). The fraction of sp³-hybridized carbons (Fsp3) is 0.500. The van der Waals surface area contributed by atoms with E-state index in [4.69, 9.17) is 30.9 Å². The van der Waals surface area contributed by atoms with E-state index in [0.29, 0.717) is 61.5 Å². The van der Waals surface area contributed by atoms with Crippen molar-refractivity contribution < 1.29 is 24.1 Å². The Hall–Kier alpha value is -1.50. The summed E-state index contributed by atoms with van der Waals surface area (Å²) in [6.07, 6.45) is 0.671. The zero-order chi connectivity index (χ0) is 15.1. The largest absolute Gasteiger partial charge is 0.486 e. The molecule has 0 atom stereocenters. The van der Waals surface area contributed by atoms with Gasteiger partial charge >= 0.3 is 0 Å². The third-order valence-corrected chi connectivity index (χ3v) is 3.13. The number of carbonyl (C=O) groups excluding carboxylic acids is 1. The molecule has 2 rings (SSSR count). The average molecular weight is 316 g/mol. The summed E-state index contributed by atoms with van der Waals surface area (Å²) in [5.41, 5.74) is 0.431. The van der Waals surface area contributed by atoms with Crippen molar-refractivity contribution in [2.45, 2.75) is 6.42 Å². The maximum Gasteiger partial charge on any atom is 0.251 e. The summed E-state index contributed by atoms with van der Waals surface area (Å²) < 4.78 is 15.9. The molecule has 2 N–H and O–H groups in total. The number of aliphatic hydroxyl groups is 1. The van der Waals surface area contributed by atoms with Gasteiger partial charge in [-0.05, 0) is 18.6 Å². The van der Waals surface area contributed by atoms with Gasteiger partial charge in [0.2, 0.25) is 0 Å². The Kier molecular flexibility index (Phi) is 6.10. The molecular formula is C14H18ClNO5. The fourth-order valence-corrected chi connectivity index (χ4v) is 2.15. The summed E-state index contributed by atoms with van der Waals surface area (Å²) in [6.45, 7) is 2.18. The second-order valence-corrected chi connectivity index (χ2v) is 4.83. The van der Waals surface area contributed by atoms with Crippen molar-refractivity contribution in [3.63, 3.8) is 0 Å². The molecule has 6 nitrogen and oxygen atoms in total. The molecule has 21 heavy (non-hydrogen) atoms. The van der Waals surface area contributed by atoms with Crippen LogP contribution in [0.3, 0.4) is 0 Å². The molecule has 0 bridgehead atoms. The lowest BCUT2D eigenvalue weighted by atomic mass is 10.1. The smallest absolute Gasteiger partial charge is 0.251 e. The first-order chi connectivity index (χ1) is 10.2. The molecule has 7 heteroatoms. The van der Waals surface area contributed by atoms with Crippen molar-refractivity contribution in [3.8, 4) is 11.5 Å². The van der Waals surface area contributed by atoms with Crippen LogP contribution in [0.1, 0.15) is 16.8 Å². The minimum absolute atomic E-state index is 0.00204. The molecule has 0 radical (unpaired) electrons. The van der Waals surface area contributed by atoms with Gasteiger partial charge in [-0.25, -0.2) is 0 Å². The second-order valence-electron chi connectivity index (χ2n) is 4.43. The number of hydrogen-bond donors (Lipinski definition) is 2. The van der Waals surface area contributed by atoms with Crippen LogP contribution in [0.4, 0.5) is 0 Å². The van der Waals surface area contributed by atoms with Crippen LogP contribution >= 0.6 is 11.6 Å². The summed E-state index contributed by atoms with van der Waals surface area (Å²) >= 11 is 6.08. The topological polar surface area (TPSA) is 77.0 Å². The van der Waals surface area contributed by atoms with Crippen molar-refractivity contribution in [1.29, 1.82) is 0 Å². The average Bonchev–Trinajstić information content (AvgIpc) is 2.50. The number of fused-ring (bicyclic) bond motifs is 1. The number of benzene rings is 1. The number of carbonyl (C=O) groups is 1. The van der Waals surface area contributed by atoms with E-state index in [2.05, 4.69) is 5.32 Å². The maximum atomic E-state index is 12.0. The molecule has 0 aromatic heterocycles. The Labute approximate surface area is 127 Å². The highest BCUT2D eigenvalue weighted by molar-refractivity contribution is 6.32. The Morgan fingerprint density at radius 3 is 2.95 bits per heavy atom. The molecule has 1 aliphatic rings. The van der Waals surface area contributed by atoms with E-state index in [-0.39, 0.29) is 12.5 Å². The van der Waals surface area contributed by atoms with Gasteiger partial charge in [0.05, 0.1) is 18.2 Å². The first-order valence-corrected chi connectivity index (χ1v) is 7.16. The maximum absolute atomic E-state index is 12.0.